The molecule has 8 heteroatoms. The van der Waals surface area contributed by atoms with Gasteiger partial charge < -0.3 is 25.0 Å². The summed E-state index contributed by atoms with van der Waals surface area (Å²) < 4.78 is 12.2. The van der Waals surface area contributed by atoms with Crippen molar-refractivity contribution in [3.63, 3.8) is 0 Å². The molecule has 2 aliphatic heterocycles. The molecule has 0 bridgehead atoms. The van der Waals surface area contributed by atoms with Gasteiger partial charge in [-0.1, -0.05) is 18.2 Å². The number of anilines is 2. The van der Waals surface area contributed by atoms with E-state index in [2.05, 4.69) is 49.8 Å². The lowest BCUT2D eigenvalue weighted by molar-refractivity contribution is 0.0674. The highest BCUT2D eigenvalue weighted by Crippen LogP contribution is 2.29. The Labute approximate surface area is 188 Å². The molecule has 0 saturated carbocycles. The minimum atomic E-state index is -0.0390. The van der Waals surface area contributed by atoms with Crippen LogP contribution in [0, 0.1) is 0 Å². The van der Waals surface area contributed by atoms with E-state index in [-0.39, 0.29) is 24.3 Å². The molecule has 2 N–H and O–H groups in total. The fourth-order valence-electron chi connectivity index (χ4n) is 4.22. The van der Waals surface area contributed by atoms with Crippen molar-refractivity contribution in [3.8, 4) is 11.3 Å². The van der Waals surface area contributed by atoms with Crippen LogP contribution in [0.15, 0.2) is 60.9 Å². The van der Waals surface area contributed by atoms with Gasteiger partial charge in [-0.05, 0) is 30.3 Å². The first kappa shape index (κ1) is 20.8. The summed E-state index contributed by atoms with van der Waals surface area (Å²) in [6.07, 6.45) is 3.55. The zero-order valence-corrected chi connectivity index (χ0v) is 18.3. The first-order valence-electron chi connectivity index (χ1n) is 10.9. The van der Waals surface area contributed by atoms with Crippen molar-refractivity contribution in [1.82, 2.24) is 20.3 Å². The van der Waals surface area contributed by atoms with Gasteiger partial charge in [0.05, 0.1) is 36.7 Å². The van der Waals surface area contributed by atoms with Crippen LogP contribution in [0.2, 0.25) is 0 Å². The molecule has 166 valence electrons. The van der Waals surface area contributed by atoms with Gasteiger partial charge in [-0.25, -0.2) is 9.97 Å². The van der Waals surface area contributed by atoms with Crippen molar-refractivity contribution in [2.45, 2.75) is 30.8 Å². The zero-order chi connectivity index (χ0) is 21.9. The minimum absolute atomic E-state index is 0.00188. The number of benzene rings is 1. The summed E-state index contributed by atoms with van der Waals surface area (Å²) in [5.41, 5.74) is 4.09. The fourth-order valence-corrected chi connectivity index (χ4v) is 4.22. The quantitative estimate of drug-likeness (QED) is 0.589. The molecule has 32 heavy (non-hydrogen) atoms. The molecule has 2 fully saturated rings. The number of hydrogen-bond donors (Lipinski definition) is 2. The predicted molar refractivity (Wildman–Crippen MR) is 124 cm³/mol. The number of pyridine rings is 1. The average Bonchev–Trinajstić information content (AvgIpc) is 3.42. The van der Waals surface area contributed by atoms with Gasteiger partial charge in [-0.3, -0.25) is 4.98 Å². The zero-order valence-electron chi connectivity index (χ0n) is 18.3. The minimum Gasteiger partial charge on any atom is -0.378 e. The Kier molecular flexibility index (Phi) is 5.98. The molecule has 1 aromatic carbocycles. The smallest absolute Gasteiger partial charge is 0.223 e. The lowest BCUT2D eigenvalue weighted by atomic mass is 10.1. The number of aromatic nitrogens is 3. The van der Waals surface area contributed by atoms with Crippen LogP contribution in [-0.4, -0.2) is 66.6 Å². The van der Waals surface area contributed by atoms with Gasteiger partial charge >= 0.3 is 0 Å². The Hall–Kier alpha value is -3.07. The Balaban J connectivity index is 1.21. The van der Waals surface area contributed by atoms with E-state index in [1.54, 1.807) is 6.20 Å². The number of nitrogens with one attached hydrogen (secondary N) is 2. The standard InChI is InChI=1S/C24H28N6O2/c1-30(2)18-8-6-16(7-9-18)19-10-12-26-24(28-19)29-21-15-32-22-20(14-31-23(21)22)27-13-17-5-3-4-11-25-17/h3-12,20-23,27H,13-15H2,1-2H3,(H,26,28,29)/t20-,21+,22-,23+/m0/s1. The summed E-state index contributed by atoms with van der Waals surface area (Å²) in [6.45, 7) is 1.86. The maximum atomic E-state index is 6.08. The Bertz CT molecular complexity index is 1030. The van der Waals surface area contributed by atoms with E-state index >= 15 is 0 Å². The summed E-state index contributed by atoms with van der Waals surface area (Å²) in [5, 5.41) is 6.95. The Morgan fingerprint density at radius 3 is 2.44 bits per heavy atom. The maximum absolute atomic E-state index is 6.08. The second kappa shape index (κ2) is 9.20. The van der Waals surface area contributed by atoms with Crippen molar-refractivity contribution in [1.29, 1.82) is 0 Å². The molecule has 2 aliphatic rings. The summed E-state index contributed by atoms with van der Waals surface area (Å²) in [7, 11) is 4.06. The summed E-state index contributed by atoms with van der Waals surface area (Å²) >= 11 is 0. The van der Waals surface area contributed by atoms with Crippen LogP contribution in [0.5, 0.6) is 0 Å². The lowest BCUT2D eigenvalue weighted by Gasteiger charge is -2.18. The van der Waals surface area contributed by atoms with Crippen molar-refractivity contribution in [2.75, 3.05) is 37.5 Å². The molecular weight excluding hydrogens is 404 g/mol. The molecule has 4 atom stereocenters. The van der Waals surface area contributed by atoms with E-state index in [9.17, 15) is 0 Å². The topological polar surface area (TPSA) is 84.4 Å². The molecule has 8 nitrogen and oxygen atoms in total. The molecule has 0 aliphatic carbocycles. The van der Waals surface area contributed by atoms with E-state index in [0.29, 0.717) is 25.7 Å². The van der Waals surface area contributed by atoms with Gasteiger partial charge in [0.1, 0.15) is 12.2 Å². The molecule has 0 amide bonds. The molecule has 0 radical (unpaired) electrons. The summed E-state index contributed by atoms with van der Waals surface area (Å²) in [6, 6.07) is 16.3. The molecule has 2 aromatic heterocycles. The number of fused-ring (bicyclic) bond motifs is 1. The van der Waals surface area contributed by atoms with E-state index < -0.39 is 0 Å². The van der Waals surface area contributed by atoms with Gasteiger partial charge in [0.25, 0.3) is 0 Å². The van der Waals surface area contributed by atoms with E-state index in [0.717, 1.165) is 22.6 Å². The van der Waals surface area contributed by atoms with Crippen LogP contribution in [-0.2, 0) is 16.0 Å². The van der Waals surface area contributed by atoms with Crippen molar-refractivity contribution < 1.29 is 9.47 Å². The summed E-state index contributed by atoms with van der Waals surface area (Å²) in [5.74, 6) is 0.585. The molecule has 4 heterocycles. The van der Waals surface area contributed by atoms with Crippen LogP contribution in [0.1, 0.15) is 5.69 Å². The molecular formula is C24H28N6O2. The third-order valence-corrected chi connectivity index (χ3v) is 5.97. The molecule has 0 unspecified atom stereocenters. The van der Waals surface area contributed by atoms with Gasteiger partial charge in [0.15, 0.2) is 0 Å². The normalized spacial score (nSPS) is 24.3. The summed E-state index contributed by atoms with van der Waals surface area (Å²) in [4.78, 5) is 15.6. The van der Waals surface area contributed by atoms with Gasteiger partial charge in [-0.15, -0.1) is 0 Å². The number of hydrogen-bond acceptors (Lipinski definition) is 8. The average molecular weight is 433 g/mol. The first-order chi connectivity index (χ1) is 15.7. The molecule has 2 saturated heterocycles. The SMILES string of the molecule is CN(C)c1ccc(-c2ccnc(N[C@@H]3CO[C@@H]4[C@@H]3OC[C@@H]4NCc3ccccn3)n2)cc1. The van der Waals surface area contributed by atoms with Crippen LogP contribution in [0.4, 0.5) is 11.6 Å². The van der Waals surface area contributed by atoms with Crippen LogP contribution >= 0.6 is 0 Å². The van der Waals surface area contributed by atoms with E-state index in [1.165, 1.54) is 0 Å². The second-order valence-corrected chi connectivity index (χ2v) is 8.36. The van der Waals surface area contributed by atoms with Crippen LogP contribution in [0.3, 0.4) is 0 Å². The third-order valence-electron chi connectivity index (χ3n) is 5.97. The second-order valence-electron chi connectivity index (χ2n) is 8.36. The van der Waals surface area contributed by atoms with Crippen molar-refractivity contribution in [2.24, 2.45) is 0 Å². The Morgan fingerprint density at radius 1 is 0.906 bits per heavy atom. The van der Waals surface area contributed by atoms with Gasteiger partial charge in [-0.2, -0.15) is 0 Å². The highest BCUT2D eigenvalue weighted by Gasteiger charge is 2.47. The van der Waals surface area contributed by atoms with Crippen molar-refractivity contribution in [3.05, 3.63) is 66.6 Å². The largest absolute Gasteiger partial charge is 0.378 e. The number of ether oxygens (including phenoxy) is 2. The van der Waals surface area contributed by atoms with Crippen LogP contribution < -0.4 is 15.5 Å². The van der Waals surface area contributed by atoms with Gasteiger partial charge in [0.2, 0.25) is 5.95 Å². The third kappa shape index (κ3) is 4.43. The highest BCUT2D eigenvalue weighted by molar-refractivity contribution is 5.63. The maximum Gasteiger partial charge on any atom is 0.223 e. The Morgan fingerprint density at radius 2 is 1.69 bits per heavy atom. The molecule has 0 spiro atoms. The molecule has 3 aromatic rings. The van der Waals surface area contributed by atoms with E-state index in [4.69, 9.17) is 14.5 Å². The van der Waals surface area contributed by atoms with Crippen LogP contribution in [0.25, 0.3) is 11.3 Å². The lowest BCUT2D eigenvalue weighted by Crippen LogP contribution is -2.42. The monoisotopic (exact) mass is 432 g/mol. The molecule has 5 rings (SSSR count). The fraction of sp³-hybridized carbons (Fsp3) is 0.375. The predicted octanol–water partition coefficient (Wildman–Crippen LogP) is 2.34. The number of rotatable bonds is 7. The highest BCUT2D eigenvalue weighted by atomic mass is 16.6. The van der Waals surface area contributed by atoms with Crippen molar-refractivity contribution >= 4 is 11.6 Å². The van der Waals surface area contributed by atoms with E-state index in [1.807, 2.05) is 44.6 Å². The van der Waals surface area contributed by atoms with Gasteiger partial charge in [0, 0.05) is 44.3 Å². The number of nitrogens with zero attached hydrogens (tertiary/aromatic N) is 4. The first-order valence-corrected chi connectivity index (χ1v) is 10.9.